The van der Waals surface area contributed by atoms with Gasteiger partial charge in [-0.25, -0.2) is 4.39 Å². The number of alkyl halides is 1. The fourth-order valence-electron chi connectivity index (χ4n) is 1.37. The lowest BCUT2D eigenvalue weighted by Crippen LogP contribution is -1.97. The fourth-order valence-corrected chi connectivity index (χ4v) is 1.37. The van der Waals surface area contributed by atoms with Crippen molar-refractivity contribution in [3.63, 3.8) is 0 Å². The van der Waals surface area contributed by atoms with E-state index in [1.807, 2.05) is 44.2 Å². The normalized spacial score (nSPS) is 14.3. The molecule has 0 aliphatic rings. The highest BCUT2D eigenvalue weighted by Crippen LogP contribution is 2.20. The van der Waals surface area contributed by atoms with Gasteiger partial charge in [-0.2, -0.15) is 0 Å². The number of allylic oxidation sites excluding steroid dienone is 2. The highest BCUT2D eigenvalue weighted by atomic mass is 19.1. The molecule has 1 heteroatoms. The minimum atomic E-state index is -0.896. The van der Waals surface area contributed by atoms with Crippen LogP contribution in [0.3, 0.4) is 0 Å². The molecule has 1 atom stereocenters. The average Bonchev–Trinajstić information content (AvgIpc) is 2.09. The van der Waals surface area contributed by atoms with Gasteiger partial charge in [-0.15, -0.1) is 0 Å². The first kappa shape index (κ1) is 9.97. The number of benzene rings is 1. The van der Waals surface area contributed by atoms with E-state index in [1.165, 1.54) is 5.56 Å². The molecule has 0 saturated carbocycles. The molecule has 0 aromatic heterocycles. The Morgan fingerprint density at radius 3 is 2.23 bits per heavy atom. The Balaban J connectivity index is 3.00. The minimum Gasteiger partial charge on any atom is -0.243 e. The largest absolute Gasteiger partial charge is 0.243 e. The van der Waals surface area contributed by atoms with Crippen LogP contribution in [0.2, 0.25) is 0 Å². The summed E-state index contributed by atoms with van der Waals surface area (Å²) in [5.41, 5.74) is 2.94. The molecule has 0 amide bonds. The van der Waals surface area contributed by atoms with E-state index in [1.54, 1.807) is 6.92 Å². The zero-order valence-corrected chi connectivity index (χ0v) is 8.34. The van der Waals surface area contributed by atoms with Crippen LogP contribution in [0.15, 0.2) is 30.3 Å². The Bertz CT molecular complexity index is 293. The lowest BCUT2D eigenvalue weighted by Gasteiger charge is -2.08. The number of hydrogen-bond acceptors (Lipinski definition) is 0. The second kappa shape index (κ2) is 4.22. The van der Waals surface area contributed by atoms with E-state index < -0.39 is 6.17 Å². The third kappa shape index (κ3) is 2.41. The van der Waals surface area contributed by atoms with Crippen molar-refractivity contribution in [3.8, 4) is 0 Å². The van der Waals surface area contributed by atoms with Gasteiger partial charge in [-0.05, 0) is 31.9 Å². The summed E-state index contributed by atoms with van der Waals surface area (Å²) in [5.74, 6) is 0. The van der Waals surface area contributed by atoms with Crippen LogP contribution < -0.4 is 0 Å². The van der Waals surface area contributed by atoms with Gasteiger partial charge < -0.3 is 0 Å². The molecule has 0 N–H and O–H groups in total. The molecule has 1 rings (SSSR count). The quantitative estimate of drug-likeness (QED) is 0.647. The molecule has 0 saturated heterocycles. The molecule has 1 aromatic rings. The van der Waals surface area contributed by atoms with Crippen LogP contribution in [0.5, 0.6) is 0 Å². The highest BCUT2D eigenvalue weighted by Gasteiger charge is 2.07. The molecule has 1 unspecified atom stereocenters. The smallest absolute Gasteiger partial charge is 0.123 e. The van der Waals surface area contributed by atoms with Crippen molar-refractivity contribution >= 4 is 5.57 Å². The van der Waals surface area contributed by atoms with Crippen molar-refractivity contribution in [1.82, 2.24) is 0 Å². The van der Waals surface area contributed by atoms with E-state index in [-0.39, 0.29) is 0 Å². The second-order valence-electron chi connectivity index (χ2n) is 3.23. The molecular weight excluding hydrogens is 163 g/mol. The summed E-state index contributed by atoms with van der Waals surface area (Å²) >= 11 is 0. The van der Waals surface area contributed by atoms with Crippen LogP contribution in [0.25, 0.3) is 5.57 Å². The van der Waals surface area contributed by atoms with Gasteiger partial charge in [0.05, 0.1) is 0 Å². The topological polar surface area (TPSA) is 0 Å². The maximum absolute atomic E-state index is 13.1. The standard InChI is InChI=1S/C12H15F/c1-4-12(10(3)13)11-7-5-9(2)6-8-11/h4-8,10H,1-3H3. The van der Waals surface area contributed by atoms with Crippen LogP contribution in [-0.2, 0) is 0 Å². The highest BCUT2D eigenvalue weighted by molar-refractivity contribution is 5.68. The summed E-state index contributed by atoms with van der Waals surface area (Å²) in [6.45, 7) is 5.46. The number of halogens is 1. The maximum Gasteiger partial charge on any atom is 0.123 e. The molecule has 0 heterocycles. The number of rotatable bonds is 2. The maximum atomic E-state index is 13.1. The van der Waals surface area contributed by atoms with Gasteiger partial charge in [0.15, 0.2) is 0 Å². The predicted octanol–water partition coefficient (Wildman–Crippen LogP) is 3.76. The average molecular weight is 178 g/mol. The summed E-state index contributed by atoms with van der Waals surface area (Å²) in [6, 6.07) is 7.92. The summed E-state index contributed by atoms with van der Waals surface area (Å²) in [5, 5.41) is 0. The fraction of sp³-hybridized carbons (Fsp3) is 0.333. The molecule has 0 aliphatic carbocycles. The SMILES string of the molecule is CC=C(c1ccc(C)cc1)C(C)F. The Morgan fingerprint density at radius 2 is 1.85 bits per heavy atom. The van der Waals surface area contributed by atoms with Gasteiger partial charge >= 0.3 is 0 Å². The van der Waals surface area contributed by atoms with Gasteiger partial charge in [0, 0.05) is 0 Å². The zero-order valence-electron chi connectivity index (χ0n) is 8.34. The van der Waals surface area contributed by atoms with E-state index >= 15 is 0 Å². The van der Waals surface area contributed by atoms with E-state index in [9.17, 15) is 4.39 Å². The minimum absolute atomic E-state index is 0.764. The number of aryl methyl sites for hydroxylation is 1. The van der Waals surface area contributed by atoms with E-state index in [0.717, 1.165) is 11.1 Å². The second-order valence-corrected chi connectivity index (χ2v) is 3.23. The molecule has 13 heavy (non-hydrogen) atoms. The van der Waals surface area contributed by atoms with Crippen LogP contribution >= 0.6 is 0 Å². The summed E-state index contributed by atoms with van der Waals surface area (Å²) in [6.07, 6.45) is 0.933. The predicted molar refractivity (Wildman–Crippen MR) is 55.4 cm³/mol. The van der Waals surface area contributed by atoms with Gasteiger partial charge in [0.1, 0.15) is 6.17 Å². The Morgan fingerprint density at radius 1 is 1.31 bits per heavy atom. The molecule has 0 radical (unpaired) electrons. The van der Waals surface area contributed by atoms with Crippen LogP contribution in [0.1, 0.15) is 25.0 Å². The first-order chi connectivity index (χ1) is 6.15. The van der Waals surface area contributed by atoms with Crippen molar-refractivity contribution < 1.29 is 4.39 Å². The van der Waals surface area contributed by atoms with Gasteiger partial charge in [-0.3, -0.25) is 0 Å². The Labute approximate surface area is 79.1 Å². The van der Waals surface area contributed by atoms with Gasteiger partial charge in [0.2, 0.25) is 0 Å². The third-order valence-electron chi connectivity index (χ3n) is 2.12. The lowest BCUT2D eigenvalue weighted by atomic mass is 10.0. The van der Waals surface area contributed by atoms with Crippen molar-refractivity contribution in [3.05, 3.63) is 41.5 Å². The monoisotopic (exact) mass is 178 g/mol. The molecule has 70 valence electrons. The molecular formula is C12H15F. The summed E-state index contributed by atoms with van der Waals surface area (Å²) in [7, 11) is 0. The van der Waals surface area contributed by atoms with Gasteiger partial charge in [-0.1, -0.05) is 35.9 Å². The van der Waals surface area contributed by atoms with Crippen LogP contribution in [0, 0.1) is 6.92 Å². The van der Waals surface area contributed by atoms with Gasteiger partial charge in [0.25, 0.3) is 0 Å². The van der Waals surface area contributed by atoms with Crippen molar-refractivity contribution in [2.24, 2.45) is 0 Å². The van der Waals surface area contributed by atoms with E-state index in [0.29, 0.717) is 0 Å². The van der Waals surface area contributed by atoms with E-state index in [2.05, 4.69) is 0 Å². The Kier molecular flexibility index (Phi) is 3.24. The molecule has 0 aliphatic heterocycles. The first-order valence-corrected chi connectivity index (χ1v) is 4.52. The molecule has 0 fully saturated rings. The summed E-state index contributed by atoms with van der Waals surface area (Å²) in [4.78, 5) is 0. The third-order valence-corrected chi connectivity index (χ3v) is 2.12. The first-order valence-electron chi connectivity index (χ1n) is 4.52. The zero-order chi connectivity index (χ0) is 9.84. The van der Waals surface area contributed by atoms with Crippen molar-refractivity contribution in [1.29, 1.82) is 0 Å². The van der Waals surface area contributed by atoms with Crippen molar-refractivity contribution in [2.75, 3.05) is 0 Å². The van der Waals surface area contributed by atoms with Crippen LogP contribution in [-0.4, -0.2) is 6.17 Å². The molecule has 0 spiro atoms. The lowest BCUT2D eigenvalue weighted by molar-refractivity contribution is 0.442. The van der Waals surface area contributed by atoms with Crippen molar-refractivity contribution in [2.45, 2.75) is 26.9 Å². The Hall–Kier alpha value is -1.11. The molecule has 0 nitrogen and oxygen atoms in total. The summed E-state index contributed by atoms with van der Waals surface area (Å²) < 4.78 is 13.1. The molecule has 0 bridgehead atoms. The number of hydrogen-bond donors (Lipinski definition) is 0. The van der Waals surface area contributed by atoms with Crippen LogP contribution in [0.4, 0.5) is 4.39 Å². The van der Waals surface area contributed by atoms with E-state index in [4.69, 9.17) is 0 Å². The molecule has 1 aromatic carbocycles.